The molecule has 2 unspecified atom stereocenters. The van der Waals surface area contributed by atoms with E-state index in [-0.39, 0.29) is 25.4 Å². The fourth-order valence-electron chi connectivity index (χ4n) is 1.98. The molecule has 0 aromatic rings. The van der Waals surface area contributed by atoms with Gasteiger partial charge in [-0.1, -0.05) is 13.8 Å². The molecular formula is C12H22O5. The van der Waals surface area contributed by atoms with Crippen LogP contribution in [0.2, 0.25) is 0 Å². The Morgan fingerprint density at radius 3 is 2.06 bits per heavy atom. The predicted octanol–water partition coefficient (Wildman–Crippen LogP) is 1.44. The Hall–Kier alpha value is -1.10. The third kappa shape index (κ3) is 4.34. The average Bonchev–Trinajstić information content (AvgIpc) is 2.14. The molecule has 0 heterocycles. The quantitative estimate of drug-likeness (QED) is 0.524. The monoisotopic (exact) mass is 246 g/mol. The van der Waals surface area contributed by atoms with Crippen LogP contribution in [0.1, 0.15) is 40.5 Å². The Morgan fingerprint density at radius 1 is 1.24 bits per heavy atom. The molecule has 0 radical (unpaired) electrons. The van der Waals surface area contributed by atoms with Crippen LogP contribution in [0.15, 0.2) is 0 Å². The summed E-state index contributed by atoms with van der Waals surface area (Å²) in [6.45, 7) is 6.89. The van der Waals surface area contributed by atoms with E-state index in [2.05, 4.69) is 0 Å². The summed E-state index contributed by atoms with van der Waals surface area (Å²) in [5.41, 5.74) is -1.64. The summed E-state index contributed by atoms with van der Waals surface area (Å²) in [5.74, 6) is -1.97. The van der Waals surface area contributed by atoms with Gasteiger partial charge in [0.15, 0.2) is 5.41 Å². The molecule has 0 aromatic heterocycles. The van der Waals surface area contributed by atoms with Crippen LogP contribution in [0.4, 0.5) is 0 Å². The van der Waals surface area contributed by atoms with Crippen LogP contribution >= 0.6 is 0 Å². The van der Waals surface area contributed by atoms with Gasteiger partial charge in [0.05, 0.1) is 12.7 Å². The van der Waals surface area contributed by atoms with Gasteiger partial charge in [-0.2, -0.15) is 0 Å². The molecule has 0 fully saturated rings. The summed E-state index contributed by atoms with van der Waals surface area (Å²) in [7, 11) is 0. The lowest BCUT2D eigenvalue weighted by molar-refractivity contribution is -0.172. The molecule has 0 saturated carbocycles. The SMILES string of the molecule is CCOC(=O)C(CC(C)C)(CC(C)O)C(=O)O. The van der Waals surface area contributed by atoms with Crippen molar-refractivity contribution in [2.75, 3.05) is 6.61 Å². The Labute approximate surface area is 102 Å². The molecule has 2 N–H and O–H groups in total. The van der Waals surface area contributed by atoms with Crippen LogP contribution in [0, 0.1) is 11.3 Å². The molecule has 100 valence electrons. The van der Waals surface area contributed by atoms with Crippen LogP contribution in [-0.2, 0) is 14.3 Å². The fraction of sp³-hybridized carbons (Fsp3) is 0.833. The van der Waals surface area contributed by atoms with Crippen LogP contribution < -0.4 is 0 Å². The zero-order valence-electron chi connectivity index (χ0n) is 10.9. The van der Waals surface area contributed by atoms with Crippen molar-refractivity contribution in [3.05, 3.63) is 0 Å². The molecule has 0 aliphatic rings. The van der Waals surface area contributed by atoms with Gasteiger partial charge >= 0.3 is 11.9 Å². The van der Waals surface area contributed by atoms with Crippen molar-refractivity contribution in [2.45, 2.75) is 46.6 Å². The van der Waals surface area contributed by atoms with Crippen molar-refractivity contribution in [3.8, 4) is 0 Å². The highest BCUT2D eigenvalue weighted by molar-refractivity contribution is 5.99. The zero-order valence-corrected chi connectivity index (χ0v) is 10.9. The van der Waals surface area contributed by atoms with Crippen molar-refractivity contribution in [3.63, 3.8) is 0 Å². The lowest BCUT2D eigenvalue weighted by atomic mass is 9.76. The number of carboxylic acid groups (broad SMARTS) is 1. The largest absolute Gasteiger partial charge is 0.480 e. The van der Waals surface area contributed by atoms with Crippen molar-refractivity contribution < 1.29 is 24.5 Å². The molecule has 2 atom stereocenters. The maximum Gasteiger partial charge on any atom is 0.323 e. The van der Waals surface area contributed by atoms with Gasteiger partial charge in [-0.15, -0.1) is 0 Å². The first kappa shape index (κ1) is 15.9. The van der Waals surface area contributed by atoms with Crippen molar-refractivity contribution in [2.24, 2.45) is 11.3 Å². The van der Waals surface area contributed by atoms with E-state index in [0.29, 0.717) is 0 Å². The Bertz CT molecular complexity index is 260. The molecule has 0 rings (SSSR count). The molecule has 0 amide bonds. The van der Waals surface area contributed by atoms with Crippen LogP contribution in [0.5, 0.6) is 0 Å². The van der Waals surface area contributed by atoms with E-state index >= 15 is 0 Å². The predicted molar refractivity (Wildman–Crippen MR) is 62.5 cm³/mol. The second-order valence-electron chi connectivity index (χ2n) is 4.76. The van der Waals surface area contributed by atoms with E-state index in [0.717, 1.165) is 0 Å². The van der Waals surface area contributed by atoms with Crippen LogP contribution in [-0.4, -0.2) is 34.9 Å². The Morgan fingerprint density at radius 2 is 1.76 bits per heavy atom. The van der Waals surface area contributed by atoms with E-state index in [1.54, 1.807) is 6.92 Å². The van der Waals surface area contributed by atoms with E-state index in [9.17, 15) is 19.8 Å². The molecule has 0 aromatic carbocycles. The van der Waals surface area contributed by atoms with Crippen LogP contribution in [0.3, 0.4) is 0 Å². The maximum atomic E-state index is 11.9. The number of carbonyl (C=O) groups is 2. The van der Waals surface area contributed by atoms with E-state index in [4.69, 9.17) is 4.74 Å². The van der Waals surface area contributed by atoms with E-state index in [1.807, 2.05) is 13.8 Å². The molecule has 0 saturated heterocycles. The highest BCUT2D eigenvalue weighted by Crippen LogP contribution is 2.34. The smallest absolute Gasteiger partial charge is 0.323 e. The van der Waals surface area contributed by atoms with Crippen LogP contribution in [0.25, 0.3) is 0 Å². The Balaban J connectivity index is 5.23. The topological polar surface area (TPSA) is 83.8 Å². The van der Waals surface area contributed by atoms with Gasteiger partial charge < -0.3 is 14.9 Å². The molecule has 0 aliphatic carbocycles. The minimum absolute atomic E-state index is 0.0225. The van der Waals surface area contributed by atoms with Gasteiger partial charge in [-0.05, 0) is 32.6 Å². The number of hydrogen-bond acceptors (Lipinski definition) is 4. The number of aliphatic hydroxyl groups is 1. The molecule has 5 heteroatoms. The van der Waals surface area contributed by atoms with Gasteiger partial charge in [0.1, 0.15) is 0 Å². The zero-order chi connectivity index (χ0) is 13.6. The number of hydrogen-bond donors (Lipinski definition) is 2. The third-order valence-electron chi connectivity index (χ3n) is 2.48. The normalized spacial score (nSPS) is 16.4. The number of ether oxygens (including phenoxy) is 1. The second-order valence-corrected chi connectivity index (χ2v) is 4.76. The van der Waals surface area contributed by atoms with Gasteiger partial charge in [0.25, 0.3) is 0 Å². The standard InChI is InChI=1S/C12H22O5/c1-5-17-11(16)12(10(14)15,6-8(2)3)7-9(4)13/h8-9,13H,5-7H2,1-4H3,(H,14,15). The number of esters is 1. The lowest BCUT2D eigenvalue weighted by Gasteiger charge is -2.29. The average molecular weight is 246 g/mol. The summed E-state index contributed by atoms with van der Waals surface area (Å²) < 4.78 is 4.84. The van der Waals surface area contributed by atoms with Gasteiger partial charge in [-0.25, -0.2) is 0 Å². The minimum atomic E-state index is -1.64. The summed E-state index contributed by atoms with van der Waals surface area (Å²) in [6, 6.07) is 0. The van der Waals surface area contributed by atoms with Crippen molar-refractivity contribution in [1.82, 2.24) is 0 Å². The van der Waals surface area contributed by atoms with Gasteiger partial charge in [0, 0.05) is 0 Å². The highest BCUT2D eigenvalue weighted by Gasteiger charge is 2.48. The summed E-state index contributed by atoms with van der Waals surface area (Å²) in [5, 5.41) is 18.7. The van der Waals surface area contributed by atoms with Crippen molar-refractivity contribution >= 4 is 11.9 Å². The summed E-state index contributed by atoms with van der Waals surface area (Å²) in [4.78, 5) is 23.3. The first-order valence-corrected chi connectivity index (χ1v) is 5.85. The summed E-state index contributed by atoms with van der Waals surface area (Å²) >= 11 is 0. The summed E-state index contributed by atoms with van der Waals surface area (Å²) in [6.07, 6.45) is -0.833. The molecular weight excluding hydrogens is 224 g/mol. The number of rotatable bonds is 7. The number of aliphatic hydroxyl groups excluding tert-OH is 1. The minimum Gasteiger partial charge on any atom is -0.480 e. The molecule has 17 heavy (non-hydrogen) atoms. The number of aliphatic carboxylic acids is 1. The molecule has 0 aliphatic heterocycles. The third-order valence-corrected chi connectivity index (χ3v) is 2.48. The van der Waals surface area contributed by atoms with Gasteiger partial charge in [0.2, 0.25) is 0 Å². The number of carboxylic acids is 1. The first-order valence-electron chi connectivity index (χ1n) is 5.85. The molecule has 5 nitrogen and oxygen atoms in total. The first-order chi connectivity index (χ1) is 7.76. The van der Waals surface area contributed by atoms with Gasteiger partial charge in [-0.3, -0.25) is 9.59 Å². The molecule has 0 spiro atoms. The Kier molecular flexibility index (Phi) is 6.16. The van der Waals surface area contributed by atoms with E-state index in [1.165, 1.54) is 6.92 Å². The second kappa shape index (κ2) is 6.59. The molecule has 0 bridgehead atoms. The highest BCUT2D eigenvalue weighted by atomic mass is 16.5. The van der Waals surface area contributed by atoms with Crippen molar-refractivity contribution in [1.29, 1.82) is 0 Å². The fourth-order valence-corrected chi connectivity index (χ4v) is 1.98. The maximum absolute atomic E-state index is 11.9. The van der Waals surface area contributed by atoms with E-state index < -0.39 is 23.5 Å². The lowest BCUT2D eigenvalue weighted by Crippen LogP contribution is -2.44. The number of carbonyl (C=O) groups excluding carboxylic acids is 1.